The molecule has 1 aliphatic rings. The Bertz CT molecular complexity index is 960. The summed E-state index contributed by atoms with van der Waals surface area (Å²) >= 11 is 6.02. The van der Waals surface area contributed by atoms with Crippen molar-refractivity contribution in [2.24, 2.45) is 0 Å². The molecule has 0 bridgehead atoms. The first-order chi connectivity index (χ1) is 10.1. The predicted molar refractivity (Wildman–Crippen MR) is 75.2 cm³/mol. The van der Waals surface area contributed by atoms with Crippen molar-refractivity contribution in [2.45, 2.75) is 6.42 Å². The third-order valence-electron chi connectivity index (χ3n) is 3.24. The van der Waals surface area contributed by atoms with Gasteiger partial charge in [-0.25, -0.2) is 14.8 Å². The van der Waals surface area contributed by atoms with Gasteiger partial charge < -0.3 is 9.73 Å². The Morgan fingerprint density at radius 3 is 3.00 bits per heavy atom. The number of nitrogens with zero attached hydrogens (tertiary/aromatic N) is 2. The zero-order valence-electron chi connectivity index (χ0n) is 10.4. The van der Waals surface area contributed by atoms with Crippen LogP contribution in [0.3, 0.4) is 0 Å². The molecule has 3 aromatic rings. The lowest BCUT2D eigenvalue weighted by Gasteiger charge is -2.04. The van der Waals surface area contributed by atoms with Crippen molar-refractivity contribution in [3.8, 4) is 11.3 Å². The quantitative estimate of drug-likeness (QED) is 0.713. The third-order valence-corrected chi connectivity index (χ3v) is 3.55. The van der Waals surface area contributed by atoms with E-state index in [1.54, 1.807) is 12.1 Å². The number of amides is 1. The summed E-state index contributed by atoms with van der Waals surface area (Å²) in [5, 5.41) is 2.99. The number of fused-ring (bicyclic) bond motifs is 2. The molecule has 1 aromatic carbocycles. The van der Waals surface area contributed by atoms with Gasteiger partial charge in [0, 0.05) is 5.56 Å². The van der Waals surface area contributed by atoms with Gasteiger partial charge in [-0.15, -0.1) is 0 Å². The van der Waals surface area contributed by atoms with Gasteiger partial charge in [0.2, 0.25) is 5.91 Å². The maximum Gasteiger partial charge on any atom is 0.417 e. The second-order valence-electron chi connectivity index (χ2n) is 4.59. The lowest BCUT2D eigenvalue weighted by molar-refractivity contribution is -0.115. The van der Waals surface area contributed by atoms with Gasteiger partial charge in [-0.2, -0.15) is 0 Å². The van der Waals surface area contributed by atoms with E-state index in [0.717, 1.165) is 0 Å². The van der Waals surface area contributed by atoms with Crippen LogP contribution in [0.1, 0.15) is 5.69 Å². The summed E-state index contributed by atoms with van der Waals surface area (Å²) < 4.78 is 5.13. The molecule has 7 nitrogen and oxygen atoms in total. The summed E-state index contributed by atoms with van der Waals surface area (Å²) in [6, 6.07) is 3.34. The van der Waals surface area contributed by atoms with E-state index in [9.17, 15) is 9.59 Å². The molecule has 0 radical (unpaired) electrons. The van der Waals surface area contributed by atoms with Gasteiger partial charge >= 0.3 is 5.76 Å². The molecule has 104 valence electrons. The summed E-state index contributed by atoms with van der Waals surface area (Å²) in [7, 11) is 0. The summed E-state index contributed by atoms with van der Waals surface area (Å²) in [6.45, 7) is 0. The fraction of sp³-hybridized carbons (Fsp3) is 0.0769. The van der Waals surface area contributed by atoms with Crippen LogP contribution >= 0.6 is 11.6 Å². The van der Waals surface area contributed by atoms with Gasteiger partial charge in [0.25, 0.3) is 0 Å². The van der Waals surface area contributed by atoms with E-state index in [1.165, 1.54) is 6.20 Å². The van der Waals surface area contributed by atoms with Crippen LogP contribution in [0.5, 0.6) is 0 Å². The smallest absolute Gasteiger partial charge is 0.407 e. The van der Waals surface area contributed by atoms with Crippen molar-refractivity contribution in [1.29, 1.82) is 0 Å². The largest absolute Gasteiger partial charge is 0.417 e. The molecule has 8 heteroatoms. The maximum absolute atomic E-state index is 11.4. The number of oxazole rings is 1. The fourth-order valence-electron chi connectivity index (χ4n) is 2.32. The Hall–Kier alpha value is -2.67. The number of aromatic amines is 1. The monoisotopic (exact) mass is 302 g/mol. The Labute approximate surface area is 122 Å². The van der Waals surface area contributed by atoms with Crippen LogP contribution in [-0.4, -0.2) is 20.9 Å². The van der Waals surface area contributed by atoms with Crippen LogP contribution in [0.15, 0.2) is 27.5 Å². The van der Waals surface area contributed by atoms with Crippen molar-refractivity contribution in [1.82, 2.24) is 15.0 Å². The van der Waals surface area contributed by atoms with Crippen molar-refractivity contribution in [2.75, 3.05) is 5.32 Å². The molecule has 3 heterocycles. The second-order valence-corrected chi connectivity index (χ2v) is 5.00. The summed E-state index contributed by atoms with van der Waals surface area (Å²) in [4.78, 5) is 33.8. The Morgan fingerprint density at radius 2 is 2.14 bits per heavy atom. The predicted octanol–water partition coefficient (Wildman–Crippen LogP) is 1.73. The number of benzene rings is 1. The number of aromatic nitrogens is 3. The number of nitrogens with one attached hydrogen (secondary N) is 2. The van der Waals surface area contributed by atoms with Crippen molar-refractivity contribution in [3.05, 3.63) is 39.6 Å². The molecule has 0 atom stereocenters. The van der Waals surface area contributed by atoms with Gasteiger partial charge in [-0.05, 0) is 12.1 Å². The highest BCUT2D eigenvalue weighted by molar-refractivity contribution is 6.35. The minimum Gasteiger partial charge on any atom is -0.407 e. The van der Waals surface area contributed by atoms with Gasteiger partial charge in [-0.3, -0.25) is 9.78 Å². The minimum atomic E-state index is -0.592. The van der Waals surface area contributed by atoms with E-state index in [1.807, 2.05) is 0 Å². The Morgan fingerprint density at radius 1 is 1.29 bits per heavy atom. The van der Waals surface area contributed by atoms with Gasteiger partial charge in [0.1, 0.15) is 5.52 Å². The number of carbonyl (C=O) groups is 1. The van der Waals surface area contributed by atoms with Crippen molar-refractivity contribution in [3.63, 3.8) is 0 Å². The first-order valence-electron chi connectivity index (χ1n) is 6.09. The molecule has 2 N–H and O–H groups in total. The molecule has 1 aliphatic heterocycles. The molecule has 1 amide bonds. The molecule has 0 saturated heterocycles. The number of hydrogen-bond acceptors (Lipinski definition) is 5. The van der Waals surface area contributed by atoms with E-state index >= 15 is 0 Å². The van der Waals surface area contributed by atoms with E-state index < -0.39 is 5.76 Å². The zero-order chi connectivity index (χ0) is 14.6. The maximum atomic E-state index is 11.4. The lowest BCUT2D eigenvalue weighted by Crippen LogP contribution is -2.04. The number of carbonyl (C=O) groups excluding carboxylic acids is 1. The number of rotatable bonds is 1. The average Bonchev–Trinajstić information content (AvgIpc) is 3.00. The Kier molecular flexibility index (Phi) is 2.40. The topological polar surface area (TPSA) is 101 Å². The second kappa shape index (κ2) is 4.16. The van der Waals surface area contributed by atoms with Gasteiger partial charge in [0.05, 0.1) is 29.0 Å². The van der Waals surface area contributed by atoms with Gasteiger partial charge in [0.15, 0.2) is 11.4 Å². The molecule has 21 heavy (non-hydrogen) atoms. The zero-order valence-corrected chi connectivity index (χ0v) is 11.2. The van der Waals surface area contributed by atoms with Crippen LogP contribution in [0, 0.1) is 0 Å². The molecular weight excluding hydrogens is 296 g/mol. The molecule has 0 aliphatic carbocycles. The minimum absolute atomic E-state index is 0.142. The van der Waals surface area contributed by atoms with E-state index in [4.69, 9.17) is 16.0 Å². The molecule has 4 rings (SSSR count). The summed E-state index contributed by atoms with van der Waals surface area (Å²) in [5.41, 5.74) is 2.39. The van der Waals surface area contributed by atoms with Crippen LogP contribution < -0.4 is 11.1 Å². The molecule has 0 spiro atoms. The first-order valence-corrected chi connectivity index (χ1v) is 6.47. The standard InChI is InChI=1S/C13H7ClN4O3/c14-6-2-1-5(11-10(6)18-13(20)21-11)8-4-15-12-7(16-8)3-9(19)17-12/h1-2,4H,3H2,(H,18,20)(H,15,17,19). The normalized spacial score (nSPS) is 13.5. The molecule has 0 fully saturated rings. The third kappa shape index (κ3) is 1.82. The van der Waals surface area contributed by atoms with Crippen LogP contribution in [0.25, 0.3) is 22.4 Å². The SMILES string of the molecule is O=C1Cc2nc(-c3ccc(Cl)c4[nH]c(=O)oc34)cnc2N1. The fourth-order valence-corrected chi connectivity index (χ4v) is 2.51. The molecule has 0 unspecified atom stereocenters. The van der Waals surface area contributed by atoms with E-state index in [2.05, 4.69) is 20.3 Å². The summed E-state index contributed by atoms with van der Waals surface area (Å²) in [6.07, 6.45) is 1.70. The molecular formula is C13H7ClN4O3. The number of halogens is 1. The molecule has 0 saturated carbocycles. The van der Waals surface area contributed by atoms with Crippen LogP contribution in [0.4, 0.5) is 5.82 Å². The summed E-state index contributed by atoms with van der Waals surface area (Å²) in [5.74, 6) is -0.272. The van der Waals surface area contributed by atoms with Crippen LogP contribution in [-0.2, 0) is 11.2 Å². The Balaban J connectivity index is 1.95. The average molecular weight is 303 g/mol. The van der Waals surface area contributed by atoms with E-state index in [0.29, 0.717) is 38.9 Å². The number of hydrogen-bond donors (Lipinski definition) is 2. The highest BCUT2D eigenvalue weighted by Gasteiger charge is 2.22. The number of H-pyrrole nitrogens is 1. The highest BCUT2D eigenvalue weighted by atomic mass is 35.5. The van der Waals surface area contributed by atoms with Gasteiger partial charge in [-0.1, -0.05) is 11.6 Å². The molecule has 2 aromatic heterocycles. The number of anilines is 1. The lowest BCUT2D eigenvalue weighted by atomic mass is 10.1. The van der Waals surface area contributed by atoms with E-state index in [-0.39, 0.29) is 12.3 Å². The highest BCUT2D eigenvalue weighted by Crippen LogP contribution is 2.31. The van der Waals surface area contributed by atoms with Crippen molar-refractivity contribution >= 4 is 34.4 Å². The van der Waals surface area contributed by atoms with Crippen molar-refractivity contribution < 1.29 is 9.21 Å². The first kappa shape index (κ1) is 12.1. The van der Waals surface area contributed by atoms with Crippen LogP contribution in [0.2, 0.25) is 5.02 Å².